The van der Waals surface area contributed by atoms with Crippen LogP contribution in [0.1, 0.15) is 39.5 Å². The van der Waals surface area contributed by atoms with E-state index in [-0.39, 0.29) is 6.10 Å². The first-order valence-corrected chi connectivity index (χ1v) is 5.11. The minimum Gasteiger partial charge on any atom is -0.481 e. The molecule has 2 atom stereocenters. The standard InChI is InChI=1S/C10H18O5/c1-3-5-7(4-2)15-10(14)8(11)6-9(12)13/h7-8,11H,3-6H2,1-2H3,(H,12,13). The molecule has 0 rings (SSSR count). The molecule has 0 fully saturated rings. The van der Waals surface area contributed by atoms with E-state index in [0.29, 0.717) is 6.42 Å². The van der Waals surface area contributed by atoms with Gasteiger partial charge in [-0.25, -0.2) is 4.79 Å². The molecule has 0 spiro atoms. The van der Waals surface area contributed by atoms with Crippen LogP contribution in [0.3, 0.4) is 0 Å². The van der Waals surface area contributed by atoms with Gasteiger partial charge in [0.15, 0.2) is 6.10 Å². The lowest BCUT2D eigenvalue weighted by Gasteiger charge is -2.17. The van der Waals surface area contributed by atoms with Crippen molar-refractivity contribution in [3.8, 4) is 0 Å². The number of aliphatic hydroxyl groups is 1. The second-order valence-electron chi connectivity index (χ2n) is 3.37. The van der Waals surface area contributed by atoms with Crippen LogP contribution in [0.25, 0.3) is 0 Å². The summed E-state index contributed by atoms with van der Waals surface area (Å²) in [6.45, 7) is 3.83. The van der Waals surface area contributed by atoms with Crippen LogP contribution in [0.5, 0.6) is 0 Å². The SMILES string of the molecule is CCCC(CC)OC(=O)C(O)CC(=O)O. The molecule has 2 N–H and O–H groups in total. The van der Waals surface area contributed by atoms with E-state index in [4.69, 9.17) is 14.9 Å². The molecule has 2 unspecified atom stereocenters. The van der Waals surface area contributed by atoms with Crippen LogP contribution < -0.4 is 0 Å². The number of aliphatic carboxylic acids is 1. The third-order valence-electron chi connectivity index (χ3n) is 1.99. The lowest BCUT2D eigenvalue weighted by Crippen LogP contribution is -2.29. The number of aliphatic hydroxyl groups excluding tert-OH is 1. The lowest BCUT2D eigenvalue weighted by atomic mass is 10.1. The molecule has 0 saturated heterocycles. The van der Waals surface area contributed by atoms with Crippen molar-refractivity contribution in [3.63, 3.8) is 0 Å². The first-order chi connectivity index (χ1) is 7.01. The van der Waals surface area contributed by atoms with Crippen molar-refractivity contribution in [1.82, 2.24) is 0 Å². The highest BCUT2D eigenvalue weighted by molar-refractivity contribution is 5.80. The van der Waals surface area contributed by atoms with Crippen molar-refractivity contribution < 1.29 is 24.5 Å². The van der Waals surface area contributed by atoms with Crippen molar-refractivity contribution in [2.75, 3.05) is 0 Å². The topological polar surface area (TPSA) is 83.8 Å². The Morgan fingerprint density at radius 2 is 1.93 bits per heavy atom. The number of carbonyl (C=O) groups excluding carboxylic acids is 1. The number of ether oxygens (including phenoxy) is 1. The summed E-state index contributed by atoms with van der Waals surface area (Å²) in [5, 5.41) is 17.5. The highest BCUT2D eigenvalue weighted by Crippen LogP contribution is 2.08. The molecule has 15 heavy (non-hydrogen) atoms. The number of hydrogen-bond acceptors (Lipinski definition) is 4. The van der Waals surface area contributed by atoms with Crippen molar-refractivity contribution >= 4 is 11.9 Å². The maximum Gasteiger partial charge on any atom is 0.335 e. The molecule has 0 bridgehead atoms. The highest BCUT2D eigenvalue weighted by atomic mass is 16.6. The van der Waals surface area contributed by atoms with Gasteiger partial charge in [0.25, 0.3) is 0 Å². The predicted molar refractivity (Wildman–Crippen MR) is 53.3 cm³/mol. The lowest BCUT2D eigenvalue weighted by molar-refractivity contribution is -0.163. The van der Waals surface area contributed by atoms with Gasteiger partial charge in [0.1, 0.15) is 6.10 Å². The number of esters is 1. The molecule has 5 heteroatoms. The largest absolute Gasteiger partial charge is 0.481 e. The first kappa shape index (κ1) is 13.9. The quantitative estimate of drug-likeness (QED) is 0.621. The van der Waals surface area contributed by atoms with Crippen LogP contribution in [0.15, 0.2) is 0 Å². The zero-order chi connectivity index (χ0) is 11.8. The second-order valence-corrected chi connectivity index (χ2v) is 3.37. The Kier molecular flexibility index (Phi) is 6.70. The number of carbonyl (C=O) groups is 2. The van der Waals surface area contributed by atoms with E-state index in [1.807, 2.05) is 13.8 Å². The molecule has 0 aromatic heterocycles. The van der Waals surface area contributed by atoms with Crippen LogP contribution in [-0.4, -0.2) is 34.4 Å². The van der Waals surface area contributed by atoms with Crippen molar-refractivity contribution in [2.45, 2.75) is 51.7 Å². The van der Waals surface area contributed by atoms with Crippen LogP contribution in [-0.2, 0) is 14.3 Å². The molecular formula is C10H18O5. The van der Waals surface area contributed by atoms with Crippen molar-refractivity contribution in [3.05, 3.63) is 0 Å². The molecule has 5 nitrogen and oxygen atoms in total. The van der Waals surface area contributed by atoms with Gasteiger partial charge in [0.05, 0.1) is 6.42 Å². The van der Waals surface area contributed by atoms with Gasteiger partial charge < -0.3 is 14.9 Å². The van der Waals surface area contributed by atoms with E-state index in [9.17, 15) is 9.59 Å². The van der Waals surface area contributed by atoms with Gasteiger partial charge in [-0.05, 0) is 12.8 Å². The summed E-state index contributed by atoms with van der Waals surface area (Å²) in [5.41, 5.74) is 0. The average Bonchev–Trinajstić information content (AvgIpc) is 2.15. The van der Waals surface area contributed by atoms with Crippen LogP contribution in [0.2, 0.25) is 0 Å². The van der Waals surface area contributed by atoms with Gasteiger partial charge >= 0.3 is 11.9 Å². The molecule has 0 aliphatic rings. The molecular weight excluding hydrogens is 200 g/mol. The molecule has 0 amide bonds. The first-order valence-electron chi connectivity index (χ1n) is 5.11. The maximum atomic E-state index is 11.2. The van der Waals surface area contributed by atoms with E-state index in [2.05, 4.69) is 0 Å². The Morgan fingerprint density at radius 1 is 1.33 bits per heavy atom. The molecule has 88 valence electrons. The van der Waals surface area contributed by atoms with Gasteiger partial charge in [-0.1, -0.05) is 20.3 Å². The third kappa shape index (κ3) is 6.06. The fraction of sp³-hybridized carbons (Fsp3) is 0.800. The summed E-state index contributed by atoms with van der Waals surface area (Å²) in [6, 6.07) is 0. The Bertz CT molecular complexity index is 214. The summed E-state index contributed by atoms with van der Waals surface area (Å²) < 4.78 is 4.95. The van der Waals surface area contributed by atoms with Gasteiger partial charge in [0.2, 0.25) is 0 Å². The minimum atomic E-state index is -1.56. The number of hydrogen-bond donors (Lipinski definition) is 2. The fourth-order valence-electron chi connectivity index (χ4n) is 1.16. The zero-order valence-electron chi connectivity index (χ0n) is 9.10. The van der Waals surface area contributed by atoms with E-state index < -0.39 is 24.5 Å². The third-order valence-corrected chi connectivity index (χ3v) is 1.99. The molecule has 0 aromatic carbocycles. The van der Waals surface area contributed by atoms with Crippen LogP contribution in [0, 0.1) is 0 Å². The normalized spacial score (nSPS) is 14.3. The number of rotatable bonds is 7. The summed E-state index contributed by atoms with van der Waals surface area (Å²) in [6.07, 6.45) is -0.136. The monoisotopic (exact) mass is 218 g/mol. The Labute approximate surface area is 89.0 Å². The summed E-state index contributed by atoms with van der Waals surface area (Å²) in [7, 11) is 0. The van der Waals surface area contributed by atoms with Gasteiger partial charge in [-0.15, -0.1) is 0 Å². The van der Waals surface area contributed by atoms with E-state index >= 15 is 0 Å². The highest BCUT2D eigenvalue weighted by Gasteiger charge is 2.22. The van der Waals surface area contributed by atoms with Crippen molar-refractivity contribution in [2.24, 2.45) is 0 Å². The Balaban J connectivity index is 4.03. The Morgan fingerprint density at radius 3 is 2.33 bits per heavy atom. The number of carboxylic acid groups (broad SMARTS) is 1. The molecule has 0 saturated carbocycles. The van der Waals surface area contributed by atoms with E-state index in [0.717, 1.165) is 12.8 Å². The van der Waals surface area contributed by atoms with Gasteiger partial charge in [0, 0.05) is 0 Å². The second kappa shape index (κ2) is 7.23. The minimum absolute atomic E-state index is 0.231. The summed E-state index contributed by atoms with van der Waals surface area (Å²) in [5.74, 6) is -2.07. The smallest absolute Gasteiger partial charge is 0.335 e. The fourth-order valence-corrected chi connectivity index (χ4v) is 1.16. The predicted octanol–water partition coefficient (Wildman–Crippen LogP) is 0.944. The number of carboxylic acids is 1. The van der Waals surface area contributed by atoms with Gasteiger partial charge in [-0.2, -0.15) is 0 Å². The molecule has 0 heterocycles. The summed E-state index contributed by atoms with van der Waals surface area (Å²) >= 11 is 0. The van der Waals surface area contributed by atoms with Gasteiger partial charge in [-0.3, -0.25) is 4.79 Å². The van der Waals surface area contributed by atoms with E-state index in [1.165, 1.54) is 0 Å². The zero-order valence-corrected chi connectivity index (χ0v) is 9.10. The molecule has 0 aromatic rings. The Hall–Kier alpha value is -1.10. The maximum absolute atomic E-state index is 11.2. The van der Waals surface area contributed by atoms with Crippen molar-refractivity contribution in [1.29, 1.82) is 0 Å². The average molecular weight is 218 g/mol. The molecule has 0 aliphatic carbocycles. The van der Waals surface area contributed by atoms with E-state index in [1.54, 1.807) is 0 Å². The van der Waals surface area contributed by atoms with Crippen LogP contribution in [0.4, 0.5) is 0 Å². The molecule has 0 aliphatic heterocycles. The molecule has 0 radical (unpaired) electrons. The van der Waals surface area contributed by atoms with Crippen LogP contribution >= 0.6 is 0 Å². The summed E-state index contributed by atoms with van der Waals surface area (Å²) in [4.78, 5) is 21.4.